The van der Waals surface area contributed by atoms with Crippen molar-refractivity contribution in [3.63, 3.8) is 0 Å². The third kappa shape index (κ3) is 5.23. The number of rotatable bonds is 9. The Bertz CT molecular complexity index is 314. The second kappa shape index (κ2) is 8.33. The van der Waals surface area contributed by atoms with E-state index in [2.05, 4.69) is 44.0 Å². The van der Waals surface area contributed by atoms with Crippen LogP contribution in [0.1, 0.15) is 51.9 Å². The van der Waals surface area contributed by atoms with E-state index in [1.165, 1.54) is 18.4 Å². The molecule has 1 aromatic rings. The highest BCUT2D eigenvalue weighted by Gasteiger charge is 2.10. The molecular formula is C15H28N2O. The van der Waals surface area contributed by atoms with Crippen LogP contribution in [-0.2, 0) is 13.1 Å². The molecule has 3 heteroatoms. The molecule has 1 heterocycles. The fourth-order valence-electron chi connectivity index (χ4n) is 2.10. The van der Waals surface area contributed by atoms with E-state index in [0.717, 1.165) is 31.9 Å². The van der Waals surface area contributed by atoms with E-state index >= 15 is 0 Å². The van der Waals surface area contributed by atoms with Crippen LogP contribution in [-0.4, -0.2) is 24.0 Å². The van der Waals surface area contributed by atoms with Crippen LogP contribution in [0.5, 0.6) is 0 Å². The maximum absolute atomic E-state index is 5.58. The van der Waals surface area contributed by atoms with Gasteiger partial charge in [-0.1, -0.05) is 27.7 Å². The van der Waals surface area contributed by atoms with Crippen LogP contribution in [0, 0.1) is 0 Å². The average molecular weight is 252 g/mol. The first-order valence-corrected chi connectivity index (χ1v) is 7.18. The highest BCUT2D eigenvalue weighted by molar-refractivity contribution is 5.16. The molecule has 0 aliphatic heterocycles. The van der Waals surface area contributed by atoms with Crippen LogP contribution in [0.3, 0.4) is 0 Å². The Morgan fingerprint density at radius 2 is 1.89 bits per heavy atom. The molecule has 0 bridgehead atoms. The van der Waals surface area contributed by atoms with Gasteiger partial charge in [-0.2, -0.15) is 0 Å². The van der Waals surface area contributed by atoms with Crippen LogP contribution >= 0.6 is 0 Å². The van der Waals surface area contributed by atoms with Gasteiger partial charge in [-0.25, -0.2) is 0 Å². The Hall–Kier alpha value is -0.800. The summed E-state index contributed by atoms with van der Waals surface area (Å²) in [6.45, 7) is 12.9. The topological polar surface area (TPSA) is 28.4 Å². The zero-order chi connectivity index (χ0) is 13.4. The lowest BCUT2D eigenvalue weighted by atomic mass is 10.2. The summed E-state index contributed by atoms with van der Waals surface area (Å²) in [6.07, 6.45) is 4.22. The van der Waals surface area contributed by atoms with Crippen LogP contribution in [0.2, 0.25) is 0 Å². The Morgan fingerprint density at radius 1 is 1.22 bits per heavy atom. The van der Waals surface area contributed by atoms with Gasteiger partial charge in [0.05, 0.1) is 12.8 Å². The van der Waals surface area contributed by atoms with Crippen LogP contribution in [0.15, 0.2) is 16.7 Å². The largest absolute Gasteiger partial charge is 0.468 e. The lowest BCUT2D eigenvalue weighted by molar-refractivity contribution is 0.264. The van der Waals surface area contributed by atoms with Gasteiger partial charge < -0.3 is 9.73 Å². The van der Waals surface area contributed by atoms with Gasteiger partial charge in [-0.05, 0) is 32.0 Å². The van der Waals surface area contributed by atoms with E-state index in [1.54, 1.807) is 0 Å². The zero-order valence-corrected chi connectivity index (χ0v) is 12.3. The smallest absolute Gasteiger partial charge is 0.122 e. The van der Waals surface area contributed by atoms with Crippen molar-refractivity contribution in [2.45, 2.75) is 59.7 Å². The first-order chi connectivity index (χ1) is 8.67. The lowest BCUT2D eigenvalue weighted by Crippen LogP contribution is -2.26. The van der Waals surface area contributed by atoms with Crippen molar-refractivity contribution in [1.82, 2.24) is 10.2 Å². The monoisotopic (exact) mass is 252 g/mol. The molecule has 0 aliphatic carbocycles. The zero-order valence-electron chi connectivity index (χ0n) is 12.3. The van der Waals surface area contributed by atoms with E-state index in [9.17, 15) is 0 Å². The standard InChI is InChI=1S/C15H28N2O/c1-5-8-17(9-6-2)12-14-7-10-18-15(14)11-16-13(3)4/h7,10,13,16H,5-6,8-9,11-12H2,1-4H3. The second-order valence-electron chi connectivity index (χ2n) is 5.18. The molecule has 0 atom stereocenters. The van der Waals surface area contributed by atoms with E-state index in [-0.39, 0.29) is 0 Å². The molecule has 18 heavy (non-hydrogen) atoms. The molecule has 104 valence electrons. The molecule has 0 fully saturated rings. The van der Waals surface area contributed by atoms with Crippen LogP contribution in [0.4, 0.5) is 0 Å². The molecule has 1 aromatic heterocycles. The van der Waals surface area contributed by atoms with Gasteiger partial charge in [0.15, 0.2) is 0 Å². The Labute approximate surface area is 112 Å². The maximum atomic E-state index is 5.58. The molecule has 0 saturated carbocycles. The van der Waals surface area contributed by atoms with Gasteiger partial charge in [0.25, 0.3) is 0 Å². The molecule has 3 nitrogen and oxygen atoms in total. The number of nitrogens with zero attached hydrogens (tertiary/aromatic N) is 1. The van der Waals surface area contributed by atoms with Crippen molar-refractivity contribution in [2.24, 2.45) is 0 Å². The number of furan rings is 1. The van der Waals surface area contributed by atoms with E-state index in [0.29, 0.717) is 6.04 Å². The highest BCUT2D eigenvalue weighted by atomic mass is 16.3. The molecular weight excluding hydrogens is 224 g/mol. The van der Waals surface area contributed by atoms with Gasteiger partial charge >= 0.3 is 0 Å². The third-order valence-electron chi connectivity index (χ3n) is 2.98. The SMILES string of the molecule is CCCN(CCC)Cc1ccoc1CNC(C)C. The van der Waals surface area contributed by atoms with Crippen molar-refractivity contribution < 1.29 is 4.42 Å². The Kier molecular flexibility index (Phi) is 7.06. The molecule has 0 aliphatic rings. The molecule has 0 aromatic carbocycles. The Morgan fingerprint density at radius 3 is 2.44 bits per heavy atom. The normalized spacial score (nSPS) is 11.7. The third-order valence-corrected chi connectivity index (χ3v) is 2.98. The molecule has 0 spiro atoms. The van der Waals surface area contributed by atoms with E-state index < -0.39 is 0 Å². The summed E-state index contributed by atoms with van der Waals surface area (Å²) in [5, 5.41) is 3.41. The van der Waals surface area contributed by atoms with E-state index in [1.807, 2.05) is 6.26 Å². The van der Waals surface area contributed by atoms with Crippen molar-refractivity contribution in [3.05, 3.63) is 23.7 Å². The summed E-state index contributed by atoms with van der Waals surface area (Å²) in [7, 11) is 0. The summed E-state index contributed by atoms with van der Waals surface area (Å²) in [6, 6.07) is 2.60. The maximum Gasteiger partial charge on any atom is 0.122 e. The van der Waals surface area contributed by atoms with E-state index in [4.69, 9.17) is 4.42 Å². The minimum atomic E-state index is 0.491. The van der Waals surface area contributed by atoms with Crippen molar-refractivity contribution in [2.75, 3.05) is 13.1 Å². The van der Waals surface area contributed by atoms with Gasteiger partial charge in [0, 0.05) is 18.2 Å². The van der Waals surface area contributed by atoms with Crippen LogP contribution < -0.4 is 5.32 Å². The summed E-state index contributed by atoms with van der Waals surface area (Å²) in [5.74, 6) is 1.08. The van der Waals surface area contributed by atoms with Crippen molar-refractivity contribution in [3.8, 4) is 0 Å². The molecule has 0 saturated heterocycles. The lowest BCUT2D eigenvalue weighted by Gasteiger charge is -2.20. The van der Waals surface area contributed by atoms with Gasteiger partial charge in [-0.3, -0.25) is 4.90 Å². The van der Waals surface area contributed by atoms with Crippen molar-refractivity contribution >= 4 is 0 Å². The molecule has 1 N–H and O–H groups in total. The summed E-state index contributed by atoms with van der Waals surface area (Å²) < 4.78 is 5.58. The first-order valence-electron chi connectivity index (χ1n) is 7.18. The summed E-state index contributed by atoms with van der Waals surface area (Å²) in [4.78, 5) is 2.50. The Balaban J connectivity index is 2.56. The number of hydrogen-bond acceptors (Lipinski definition) is 3. The fraction of sp³-hybridized carbons (Fsp3) is 0.733. The summed E-state index contributed by atoms with van der Waals surface area (Å²) >= 11 is 0. The fourth-order valence-corrected chi connectivity index (χ4v) is 2.10. The average Bonchev–Trinajstić information content (AvgIpc) is 2.74. The highest BCUT2D eigenvalue weighted by Crippen LogP contribution is 2.14. The second-order valence-corrected chi connectivity index (χ2v) is 5.18. The first kappa shape index (κ1) is 15.3. The van der Waals surface area contributed by atoms with Crippen LogP contribution in [0.25, 0.3) is 0 Å². The molecule has 1 rings (SSSR count). The number of hydrogen-bond donors (Lipinski definition) is 1. The molecule has 0 unspecified atom stereocenters. The number of nitrogens with one attached hydrogen (secondary N) is 1. The molecule has 0 amide bonds. The predicted octanol–water partition coefficient (Wildman–Crippen LogP) is 3.40. The summed E-state index contributed by atoms with van der Waals surface area (Å²) in [5.41, 5.74) is 1.32. The minimum absolute atomic E-state index is 0.491. The van der Waals surface area contributed by atoms with Crippen molar-refractivity contribution in [1.29, 1.82) is 0 Å². The van der Waals surface area contributed by atoms with Gasteiger partial charge in [-0.15, -0.1) is 0 Å². The van der Waals surface area contributed by atoms with Gasteiger partial charge in [0.1, 0.15) is 5.76 Å². The van der Waals surface area contributed by atoms with Gasteiger partial charge in [0.2, 0.25) is 0 Å². The minimum Gasteiger partial charge on any atom is -0.468 e. The predicted molar refractivity (Wildman–Crippen MR) is 76.5 cm³/mol. The molecule has 0 radical (unpaired) electrons. The quantitative estimate of drug-likeness (QED) is 0.730.